The number of guanidine groups is 1. The zero-order valence-electron chi connectivity index (χ0n) is 16.0. The SMILES string of the molecule is CN=C(NCC(C)(C)c1ccccc1F)N1CCC(c2cnn(C)c2)C1. The molecule has 0 aliphatic carbocycles. The van der Waals surface area contributed by atoms with Gasteiger partial charge in [-0.05, 0) is 23.6 Å². The Morgan fingerprint density at radius 1 is 1.38 bits per heavy atom. The Bertz CT molecular complexity index is 780. The summed E-state index contributed by atoms with van der Waals surface area (Å²) in [6.45, 7) is 6.60. The first-order valence-electron chi connectivity index (χ1n) is 9.10. The number of aryl methyl sites for hydroxylation is 1. The van der Waals surface area contributed by atoms with Crippen LogP contribution in [0.4, 0.5) is 4.39 Å². The summed E-state index contributed by atoms with van der Waals surface area (Å²) in [7, 11) is 3.75. The first-order valence-corrected chi connectivity index (χ1v) is 9.10. The summed E-state index contributed by atoms with van der Waals surface area (Å²) in [5.74, 6) is 1.19. The maximum absolute atomic E-state index is 14.2. The second kappa shape index (κ2) is 7.48. The molecule has 1 unspecified atom stereocenters. The number of halogens is 1. The summed E-state index contributed by atoms with van der Waals surface area (Å²) in [4.78, 5) is 6.71. The molecule has 0 saturated carbocycles. The van der Waals surface area contributed by atoms with Gasteiger partial charge in [0.2, 0.25) is 0 Å². The van der Waals surface area contributed by atoms with E-state index >= 15 is 0 Å². The van der Waals surface area contributed by atoms with Crippen LogP contribution < -0.4 is 5.32 Å². The van der Waals surface area contributed by atoms with E-state index in [0.29, 0.717) is 12.5 Å². The second-order valence-corrected chi connectivity index (χ2v) is 7.64. The average Bonchev–Trinajstić information content (AvgIpc) is 3.25. The summed E-state index contributed by atoms with van der Waals surface area (Å²) in [6, 6.07) is 6.98. The van der Waals surface area contributed by atoms with Crippen molar-refractivity contribution < 1.29 is 4.39 Å². The normalized spacial score (nSPS) is 18.4. The first-order chi connectivity index (χ1) is 12.4. The third kappa shape index (κ3) is 3.89. The van der Waals surface area contributed by atoms with E-state index < -0.39 is 0 Å². The molecule has 1 aromatic carbocycles. The molecule has 0 radical (unpaired) electrons. The van der Waals surface area contributed by atoms with Crippen molar-refractivity contribution in [1.29, 1.82) is 0 Å². The third-order valence-electron chi connectivity index (χ3n) is 5.19. The molecule has 1 aliphatic heterocycles. The summed E-state index contributed by atoms with van der Waals surface area (Å²) in [5.41, 5.74) is 1.67. The van der Waals surface area contributed by atoms with E-state index in [1.807, 2.05) is 43.9 Å². The number of rotatable bonds is 4. The Morgan fingerprint density at radius 3 is 2.81 bits per heavy atom. The maximum atomic E-state index is 14.2. The Kier molecular flexibility index (Phi) is 5.30. The Hall–Kier alpha value is -2.37. The molecule has 2 heterocycles. The molecule has 3 rings (SSSR count). The van der Waals surface area contributed by atoms with E-state index in [4.69, 9.17) is 0 Å². The number of hydrogen-bond donors (Lipinski definition) is 1. The fourth-order valence-electron chi connectivity index (χ4n) is 3.61. The van der Waals surface area contributed by atoms with Crippen LogP contribution in [0.15, 0.2) is 41.7 Å². The number of benzene rings is 1. The van der Waals surface area contributed by atoms with Gasteiger partial charge in [0.15, 0.2) is 5.96 Å². The molecule has 5 nitrogen and oxygen atoms in total. The molecule has 1 N–H and O–H groups in total. The molecule has 1 fully saturated rings. The fourth-order valence-corrected chi connectivity index (χ4v) is 3.61. The Labute approximate surface area is 154 Å². The van der Waals surface area contributed by atoms with Crippen LogP contribution in [0.2, 0.25) is 0 Å². The van der Waals surface area contributed by atoms with Gasteiger partial charge in [-0.2, -0.15) is 5.10 Å². The molecule has 1 aromatic heterocycles. The van der Waals surface area contributed by atoms with Gasteiger partial charge in [0.05, 0.1) is 6.20 Å². The van der Waals surface area contributed by atoms with E-state index in [2.05, 4.69) is 26.5 Å². The quantitative estimate of drug-likeness (QED) is 0.676. The van der Waals surface area contributed by atoms with Gasteiger partial charge in [-0.25, -0.2) is 4.39 Å². The van der Waals surface area contributed by atoms with Gasteiger partial charge in [0.1, 0.15) is 5.82 Å². The van der Waals surface area contributed by atoms with Crippen molar-refractivity contribution >= 4 is 5.96 Å². The van der Waals surface area contributed by atoms with Crippen LogP contribution in [-0.4, -0.2) is 47.3 Å². The van der Waals surface area contributed by atoms with E-state index in [9.17, 15) is 4.39 Å². The smallest absolute Gasteiger partial charge is 0.193 e. The maximum Gasteiger partial charge on any atom is 0.193 e. The zero-order valence-corrected chi connectivity index (χ0v) is 16.0. The minimum Gasteiger partial charge on any atom is -0.355 e. The van der Waals surface area contributed by atoms with E-state index in [1.54, 1.807) is 13.1 Å². The van der Waals surface area contributed by atoms with Crippen LogP contribution in [0.3, 0.4) is 0 Å². The number of aliphatic imine (C=N–C) groups is 1. The van der Waals surface area contributed by atoms with Gasteiger partial charge >= 0.3 is 0 Å². The van der Waals surface area contributed by atoms with Crippen LogP contribution in [0, 0.1) is 5.82 Å². The highest BCUT2D eigenvalue weighted by Crippen LogP contribution is 2.28. The van der Waals surface area contributed by atoms with Crippen LogP contribution in [0.5, 0.6) is 0 Å². The van der Waals surface area contributed by atoms with Gasteiger partial charge in [-0.3, -0.25) is 9.67 Å². The molecule has 26 heavy (non-hydrogen) atoms. The number of aromatic nitrogens is 2. The highest BCUT2D eigenvalue weighted by molar-refractivity contribution is 5.80. The van der Waals surface area contributed by atoms with Crippen LogP contribution >= 0.6 is 0 Å². The molecule has 0 spiro atoms. The monoisotopic (exact) mass is 357 g/mol. The number of nitrogens with one attached hydrogen (secondary N) is 1. The van der Waals surface area contributed by atoms with Gasteiger partial charge in [0.25, 0.3) is 0 Å². The molecule has 1 atom stereocenters. The van der Waals surface area contributed by atoms with Gasteiger partial charge in [-0.1, -0.05) is 32.0 Å². The highest BCUT2D eigenvalue weighted by atomic mass is 19.1. The van der Waals surface area contributed by atoms with E-state index in [-0.39, 0.29) is 11.2 Å². The summed E-state index contributed by atoms with van der Waals surface area (Å²) >= 11 is 0. The molecule has 0 amide bonds. The predicted molar refractivity (Wildman–Crippen MR) is 103 cm³/mol. The van der Waals surface area contributed by atoms with E-state index in [0.717, 1.165) is 31.0 Å². The largest absolute Gasteiger partial charge is 0.355 e. The summed E-state index contributed by atoms with van der Waals surface area (Å²) in [6.07, 6.45) is 5.13. The first kappa shape index (κ1) is 18.4. The fraction of sp³-hybridized carbons (Fsp3) is 0.500. The molecule has 1 aliphatic rings. The molecular formula is C20H28FN5. The lowest BCUT2D eigenvalue weighted by molar-refractivity contribution is 0.442. The van der Waals surface area contributed by atoms with Crippen molar-refractivity contribution in [3.8, 4) is 0 Å². The lowest BCUT2D eigenvalue weighted by atomic mass is 9.84. The second-order valence-electron chi connectivity index (χ2n) is 7.64. The molecule has 1 saturated heterocycles. The Balaban J connectivity index is 1.63. The molecule has 0 bridgehead atoms. The van der Waals surface area contributed by atoms with Crippen LogP contribution in [0.1, 0.15) is 37.3 Å². The third-order valence-corrected chi connectivity index (χ3v) is 5.19. The van der Waals surface area contributed by atoms with Crippen molar-refractivity contribution in [2.45, 2.75) is 31.6 Å². The minimum atomic E-state index is -0.330. The van der Waals surface area contributed by atoms with Crippen molar-refractivity contribution in [3.05, 3.63) is 53.6 Å². The minimum absolute atomic E-state index is 0.160. The highest BCUT2D eigenvalue weighted by Gasteiger charge is 2.29. The topological polar surface area (TPSA) is 45.5 Å². The predicted octanol–water partition coefficient (Wildman–Crippen LogP) is 2.90. The molecule has 2 aromatic rings. The number of likely N-dealkylation sites (tertiary alicyclic amines) is 1. The van der Waals surface area contributed by atoms with Gasteiger partial charge in [0, 0.05) is 51.3 Å². The van der Waals surface area contributed by atoms with Crippen molar-refractivity contribution in [3.63, 3.8) is 0 Å². The van der Waals surface area contributed by atoms with Crippen molar-refractivity contribution in [2.75, 3.05) is 26.7 Å². The number of nitrogens with zero attached hydrogens (tertiary/aromatic N) is 4. The standard InChI is InChI=1S/C20H28FN5/c1-20(2,17-7-5-6-8-18(17)21)14-23-19(22-3)26-10-9-15(13-26)16-11-24-25(4)12-16/h5-8,11-12,15H,9-10,13-14H2,1-4H3,(H,22,23). The molecule has 6 heteroatoms. The van der Waals surface area contributed by atoms with Gasteiger partial charge < -0.3 is 10.2 Å². The Morgan fingerprint density at radius 2 is 2.15 bits per heavy atom. The average molecular weight is 357 g/mol. The summed E-state index contributed by atoms with van der Waals surface area (Å²) in [5, 5.41) is 7.72. The molecule has 140 valence electrons. The van der Waals surface area contributed by atoms with Crippen molar-refractivity contribution in [2.24, 2.45) is 12.0 Å². The lowest BCUT2D eigenvalue weighted by Crippen LogP contribution is -2.45. The zero-order chi connectivity index (χ0) is 18.7. The summed E-state index contributed by atoms with van der Waals surface area (Å²) < 4.78 is 16.0. The van der Waals surface area contributed by atoms with Crippen LogP contribution in [-0.2, 0) is 12.5 Å². The van der Waals surface area contributed by atoms with E-state index in [1.165, 1.54) is 11.6 Å². The number of hydrogen-bond acceptors (Lipinski definition) is 2. The van der Waals surface area contributed by atoms with Crippen molar-refractivity contribution in [1.82, 2.24) is 20.0 Å². The molecular weight excluding hydrogens is 329 g/mol. The van der Waals surface area contributed by atoms with Gasteiger partial charge in [-0.15, -0.1) is 0 Å². The lowest BCUT2D eigenvalue weighted by Gasteiger charge is -2.29. The van der Waals surface area contributed by atoms with Crippen LogP contribution in [0.25, 0.3) is 0 Å².